The first-order chi connectivity index (χ1) is 5.24. The van der Waals surface area contributed by atoms with Crippen LogP contribution < -0.4 is 5.73 Å². The molecule has 0 spiro atoms. The normalized spacial score (nSPS) is 13.7. The Morgan fingerprint density at radius 3 is 2.33 bits per heavy atom. The van der Waals surface area contributed by atoms with Crippen molar-refractivity contribution in [3.05, 3.63) is 12.2 Å². The number of hydrogen-bond acceptors (Lipinski definition) is 4. The Morgan fingerprint density at radius 1 is 1.67 bits per heavy atom. The third-order valence-corrected chi connectivity index (χ3v) is 1.42. The molecule has 12 heavy (non-hydrogen) atoms. The van der Waals surface area contributed by atoms with Crippen molar-refractivity contribution >= 4 is 13.8 Å². The predicted molar refractivity (Wildman–Crippen MR) is 40.9 cm³/mol. The van der Waals surface area contributed by atoms with Gasteiger partial charge in [-0.2, -0.15) is 0 Å². The van der Waals surface area contributed by atoms with E-state index in [9.17, 15) is 9.36 Å². The lowest BCUT2D eigenvalue weighted by molar-refractivity contribution is -0.131. The molecule has 0 aliphatic rings. The van der Waals surface area contributed by atoms with Gasteiger partial charge in [-0.05, 0) is 6.92 Å². The molecule has 0 aliphatic carbocycles. The van der Waals surface area contributed by atoms with E-state index in [4.69, 9.17) is 15.5 Å². The fourth-order valence-corrected chi connectivity index (χ4v) is 0.686. The highest BCUT2D eigenvalue weighted by Crippen LogP contribution is 2.36. The highest BCUT2D eigenvalue weighted by molar-refractivity contribution is 7.46. The number of phosphoric acid groups is 1. The van der Waals surface area contributed by atoms with Gasteiger partial charge in [0.2, 0.25) is 0 Å². The summed E-state index contributed by atoms with van der Waals surface area (Å²) in [6.45, 7) is 4.64. The molecular weight excluding hydrogens is 185 g/mol. The summed E-state index contributed by atoms with van der Waals surface area (Å²) in [4.78, 5) is 27.1. The fraction of sp³-hybridized carbons (Fsp3) is 0.400. The zero-order valence-electron chi connectivity index (χ0n) is 6.43. The van der Waals surface area contributed by atoms with Crippen molar-refractivity contribution in [2.24, 2.45) is 5.73 Å². The van der Waals surface area contributed by atoms with E-state index in [1.54, 1.807) is 0 Å². The molecule has 0 aromatic rings. The van der Waals surface area contributed by atoms with Gasteiger partial charge in [-0.25, -0.2) is 9.36 Å². The summed E-state index contributed by atoms with van der Waals surface area (Å²) in [7, 11) is -4.78. The minimum atomic E-state index is -4.78. The Balaban J connectivity index is 4.25. The molecule has 0 rings (SSSR count). The standard InChI is InChI=1S/C5H10NO5P/c1-3(4(2)6)5(7)11-12(8,9)10/h4H,1,6H2,2H3,(H2,8,9,10). The van der Waals surface area contributed by atoms with Gasteiger partial charge in [-0.1, -0.05) is 6.58 Å². The van der Waals surface area contributed by atoms with Gasteiger partial charge in [-0.3, -0.25) is 9.79 Å². The summed E-state index contributed by atoms with van der Waals surface area (Å²) >= 11 is 0. The maximum atomic E-state index is 10.7. The number of nitrogens with two attached hydrogens (primary N) is 1. The zero-order valence-corrected chi connectivity index (χ0v) is 7.32. The number of rotatable bonds is 3. The average Bonchev–Trinajstić information content (AvgIpc) is 1.82. The van der Waals surface area contributed by atoms with Crippen molar-refractivity contribution < 1.29 is 23.7 Å². The van der Waals surface area contributed by atoms with Crippen LogP contribution in [-0.4, -0.2) is 21.8 Å². The Bertz CT molecular complexity index is 242. The first-order valence-electron chi connectivity index (χ1n) is 2.98. The number of phosphoric ester groups is 1. The van der Waals surface area contributed by atoms with E-state index >= 15 is 0 Å². The lowest BCUT2D eigenvalue weighted by Crippen LogP contribution is -2.23. The lowest BCUT2D eigenvalue weighted by atomic mass is 10.2. The smallest absolute Gasteiger partial charge is 0.367 e. The molecule has 0 amide bonds. The van der Waals surface area contributed by atoms with E-state index in [0.29, 0.717) is 0 Å². The molecule has 1 atom stereocenters. The fourth-order valence-electron chi connectivity index (χ4n) is 0.353. The van der Waals surface area contributed by atoms with Crippen LogP contribution in [0.15, 0.2) is 12.2 Å². The van der Waals surface area contributed by atoms with Crippen LogP contribution in [0.3, 0.4) is 0 Å². The van der Waals surface area contributed by atoms with Gasteiger partial charge >= 0.3 is 13.8 Å². The Morgan fingerprint density at radius 2 is 2.08 bits per heavy atom. The van der Waals surface area contributed by atoms with Crippen molar-refractivity contribution in [1.29, 1.82) is 0 Å². The SMILES string of the molecule is C=C(C(=O)OP(=O)(O)O)C(C)N. The highest BCUT2D eigenvalue weighted by atomic mass is 31.2. The second kappa shape index (κ2) is 3.82. The maximum Gasteiger partial charge on any atom is 0.527 e. The lowest BCUT2D eigenvalue weighted by Gasteiger charge is -2.09. The van der Waals surface area contributed by atoms with E-state index in [0.717, 1.165) is 0 Å². The van der Waals surface area contributed by atoms with Crippen molar-refractivity contribution in [3.63, 3.8) is 0 Å². The molecule has 0 aliphatic heterocycles. The second-order valence-electron chi connectivity index (χ2n) is 2.18. The largest absolute Gasteiger partial charge is 0.527 e. The summed E-state index contributed by atoms with van der Waals surface area (Å²) in [5.41, 5.74) is 5.02. The van der Waals surface area contributed by atoms with Gasteiger partial charge in [0.15, 0.2) is 0 Å². The van der Waals surface area contributed by atoms with Crippen LogP contribution in [0.5, 0.6) is 0 Å². The van der Waals surface area contributed by atoms with Crippen LogP contribution in [0.2, 0.25) is 0 Å². The monoisotopic (exact) mass is 195 g/mol. The molecule has 4 N–H and O–H groups in total. The second-order valence-corrected chi connectivity index (χ2v) is 3.35. The summed E-state index contributed by atoms with van der Waals surface area (Å²) in [6.07, 6.45) is 0. The van der Waals surface area contributed by atoms with Crippen molar-refractivity contribution in [2.45, 2.75) is 13.0 Å². The molecule has 7 heteroatoms. The van der Waals surface area contributed by atoms with Crippen molar-refractivity contribution in [3.8, 4) is 0 Å². The van der Waals surface area contributed by atoms with Gasteiger partial charge < -0.3 is 10.3 Å². The predicted octanol–water partition coefficient (Wildman–Crippen LogP) is -0.474. The topological polar surface area (TPSA) is 110 Å². The van der Waals surface area contributed by atoms with E-state index in [2.05, 4.69) is 11.1 Å². The van der Waals surface area contributed by atoms with Crippen LogP contribution >= 0.6 is 7.82 Å². The third kappa shape index (κ3) is 4.25. The number of carbonyl (C=O) groups excluding carboxylic acids is 1. The highest BCUT2D eigenvalue weighted by Gasteiger charge is 2.23. The maximum absolute atomic E-state index is 10.7. The van der Waals surface area contributed by atoms with Gasteiger partial charge in [0, 0.05) is 11.6 Å². The zero-order chi connectivity index (χ0) is 9.94. The Kier molecular flexibility index (Phi) is 3.60. The summed E-state index contributed by atoms with van der Waals surface area (Å²) in [5.74, 6) is -1.18. The van der Waals surface area contributed by atoms with Crippen LogP contribution in [-0.2, 0) is 13.9 Å². The molecule has 0 aromatic carbocycles. The minimum Gasteiger partial charge on any atom is -0.367 e. The van der Waals surface area contributed by atoms with Crippen LogP contribution in [0.4, 0.5) is 0 Å². The average molecular weight is 195 g/mol. The first kappa shape index (κ1) is 11.3. The minimum absolute atomic E-state index is 0.182. The van der Waals surface area contributed by atoms with Gasteiger partial charge in [0.25, 0.3) is 0 Å². The molecule has 70 valence electrons. The Labute approximate surface area is 69.3 Å². The summed E-state index contributed by atoms with van der Waals surface area (Å²) in [6, 6.07) is -0.691. The molecule has 0 heterocycles. The van der Waals surface area contributed by atoms with Crippen LogP contribution in [0.1, 0.15) is 6.92 Å². The van der Waals surface area contributed by atoms with Gasteiger partial charge in [-0.15, -0.1) is 0 Å². The molecular formula is C5H10NO5P. The quantitative estimate of drug-likeness (QED) is 0.414. The molecule has 1 unspecified atom stereocenters. The molecule has 0 fully saturated rings. The van der Waals surface area contributed by atoms with Gasteiger partial charge in [0.05, 0.1) is 0 Å². The molecule has 6 nitrogen and oxygen atoms in total. The number of hydrogen-bond donors (Lipinski definition) is 3. The molecule has 0 saturated heterocycles. The van der Waals surface area contributed by atoms with E-state index in [1.807, 2.05) is 0 Å². The van der Waals surface area contributed by atoms with E-state index in [-0.39, 0.29) is 5.57 Å². The van der Waals surface area contributed by atoms with Gasteiger partial charge in [0.1, 0.15) is 0 Å². The van der Waals surface area contributed by atoms with Crippen LogP contribution in [0, 0.1) is 0 Å². The third-order valence-electron chi connectivity index (χ3n) is 1.01. The van der Waals surface area contributed by atoms with Crippen molar-refractivity contribution in [1.82, 2.24) is 0 Å². The van der Waals surface area contributed by atoms with E-state index in [1.165, 1.54) is 6.92 Å². The molecule has 0 bridgehead atoms. The Hall–Kier alpha value is -0.680. The first-order valence-corrected chi connectivity index (χ1v) is 4.51. The van der Waals surface area contributed by atoms with Crippen LogP contribution in [0.25, 0.3) is 0 Å². The van der Waals surface area contributed by atoms with E-state index < -0.39 is 19.8 Å². The molecule has 0 aromatic heterocycles. The molecule has 0 radical (unpaired) electrons. The summed E-state index contributed by atoms with van der Waals surface area (Å²) in [5, 5.41) is 0. The van der Waals surface area contributed by atoms with Crippen molar-refractivity contribution in [2.75, 3.05) is 0 Å². The number of carbonyl (C=O) groups is 1. The summed E-state index contributed by atoms with van der Waals surface area (Å²) < 4.78 is 13.8. The molecule has 0 saturated carbocycles.